The molecule has 2 aliphatic carbocycles. The highest BCUT2D eigenvalue weighted by molar-refractivity contribution is 8.93. The molecule has 2 unspecified atom stereocenters. The molecule has 3 aliphatic rings. The van der Waals surface area contributed by atoms with Crippen molar-refractivity contribution in [2.24, 2.45) is 17.8 Å². The van der Waals surface area contributed by atoms with Gasteiger partial charge < -0.3 is 14.5 Å². The van der Waals surface area contributed by atoms with E-state index in [2.05, 4.69) is 30.7 Å². The zero-order valence-electron chi connectivity index (χ0n) is 16.7. The largest absolute Gasteiger partial charge is 0.461 e. The van der Waals surface area contributed by atoms with E-state index in [1.165, 1.54) is 32.1 Å². The van der Waals surface area contributed by atoms with Crippen LogP contribution < -0.4 is 0 Å². The second-order valence-electron chi connectivity index (χ2n) is 8.25. The van der Waals surface area contributed by atoms with Gasteiger partial charge in [0.25, 0.3) is 0 Å². The van der Waals surface area contributed by atoms with Crippen LogP contribution in [0.15, 0.2) is 0 Å². The van der Waals surface area contributed by atoms with Crippen LogP contribution in [0.2, 0.25) is 0 Å². The van der Waals surface area contributed by atoms with Gasteiger partial charge in [0.05, 0.1) is 5.92 Å². The van der Waals surface area contributed by atoms with Crippen LogP contribution in [-0.4, -0.2) is 61.1 Å². The zero-order valence-corrected chi connectivity index (χ0v) is 20.1. The van der Waals surface area contributed by atoms with E-state index in [1.54, 1.807) is 0 Å². The molecule has 0 spiro atoms. The third-order valence-electron chi connectivity index (χ3n) is 6.75. The van der Waals surface area contributed by atoms with Crippen molar-refractivity contribution in [2.45, 2.75) is 70.9 Å². The Balaban J connectivity index is 0.00000169. The average Bonchev–Trinajstić information content (AvgIpc) is 2.59. The minimum atomic E-state index is 0. The average molecular weight is 498 g/mol. The van der Waals surface area contributed by atoms with Gasteiger partial charge in [0.15, 0.2) is 0 Å². The van der Waals surface area contributed by atoms with Crippen LogP contribution in [0.5, 0.6) is 0 Å². The molecule has 0 aromatic rings. The Morgan fingerprint density at radius 3 is 2.27 bits per heavy atom. The summed E-state index contributed by atoms with van der Waals surface area (Å²) in [6.45, 7) is 8.85. The van der Waals surface area contributed by atoms with Crippen molar-refractivity contribution in [3.05, 3.63) is 0 Å². The van der Waals surface area contributed by atoms with E-state index in [-0.39, 0.29) is 52.0 Å². The highest BCUT2D eigenvalue weighted by Gasteiger charge is 2.47. The Kier molecular flexibility index (Phi) is 10.7. The number of hydrogen-bond acceptors (Lipinski definition) is 4. The Labute approximate surface area is 180 Å². The fourth-order valence-electron chi connectivity index (χ4n) is 5.49. The number of nitrogens with zero attached hydrogens (tertiary/aromatic N) is 2. The Hall–Kier alpha value is 0.350. The summed E-state index contributed by atoms with van der Waals surface area (Å²) in [5.41, 5.74) is 0. The minimum absolute atomic E-state index is 0. The first-order valence-electron chi connectivity index (χ1n) is 10.3. The smallest absolute Gasteiger partial charge is 0.309 e. The second-order valence-corrected chi connectivity index (χ2v) is 8.25. The van der Waals surface area contributed by atoms with Gasteiger partial charge in [-0.2, -0.15) is 0 Å². The number of halogens is 2. The first-order valence-corrected chi connectivity index (χ1v) is 10.3. The van der Waals surface area contributed by atoms with E-state index < -0.39 is 0 Å². The van der Waals surface area contributed by atoms with Gasteiger partial charge in [0.2, 0.25) is 0 Å². The van der Waals surface area contributed by atoms with Crippen molar-refractivity contribution in [1.29, 1.82) is 0 Å². The molecule has 26 heavy (non-hydrogen) atoms. The molecule has 0 aromatic carbocycles. The summed E-state index contributed by atoms with van der Waals surface area (Å²) in [4.78, 5) is 17.8. The standard InChI is InChI=1S/C20H36N2O2.2BrH/c1-4-22(5-2)18-12-11-16-13-21(3)14-17(18)19(16)24-20(23)15-9-7-6-8-10-15;;/h15-19H,4-14H2,1-3H3;2*1H/t16?,17?,18-,19+;;/m0../s1. The Morgan fingerprint density at radius 1 is 1.00 bits per heavy atom. The van der Waals surface area contributed by atoms with E-state index in [0.717, 1.165) is 39.0 Å². The molecule has 6 heteroatoms. The lowest BCUT2D eigenvalue weighted by atomic mass is 9.71. The van der Waals surface area contributed by atoms with Crippen molar-refractivity contribution < 1.29 is 9.53 Å². The van der Waals surface area contributed by atoms with Gasteiger partial charge >= 0.3 is 5.97 Å². The van der Waals surface area contributed by atoms with Crippen LogP contribution in [-0.2, 0) is 9.53 Å². The topological polar surface area (TPSA) is 32.8 Å². The van der Waals surface area contributed by atoms with Gasteiger partial charge in [0, 0.05) is 31.0 Å². The summed E-state index contributed by atoms with van der Waals surface area (Å²) in [6.07, 6.45) is 8.38. The number of likely N-dealkylation sites (tertiary alicyclic amines) is 1. The number of ether oxygens (including phenoxy) is 1. The molecule has 2 saturated carbocycles. The van der Waals surface area contributed by atoms with Crippen LogP contribution >= 0.6 is 34.0 Å². The highest BCUT2D eigenvalue weighted by Crippen LogP contribution is 2.40. The molecule has 4 atom stereocenters. The maximum absolute atomic E-state index is 12.7. The van der Waals surface area contributed by atoms with Gasteiger partial charge in [-0.25, -0.2) is 0 Å². The van der Waals surface area contributed by atoms with Crippen molar-refractivity contribution in [3.8, 4) is 0 Å². The van der Waals surface area contributed by atoms with E-state index in [9.17, 15) is 4.79 Å². The summed E-state index contributed by atoms with van der Waals surface area (Å²) >= 11 is 0. The maximum Gasteiger partial charge on any atom is 0.309 e. The molecule has 1 saturated heterocycles. The van der Waals surface area contributed by atoms with Crippen molar-refractivity contribution in [2.75, 3.05) is 33.2 Å². The van der Waals surface area contributed by atoms with E-state index >= 15 is 0 Å². The van der Waals surface area contributed by atoms with Gasteiger partial charge in [-0.05, 0) is 45.8 Å². The molecule has 3 fully saturated rings. The van der Waals surface area contributed by atoms with Gasteiger partial charge in [-0.3, -0.25) is 4.79 Å². The Bertz CT molecular complexity index is 428. The lowest BCUT2D eigenvalue weighted by Gasteiger charge is -2.52. The Morgan fingerprint density at radius 2 is 1.65 bits per heavy atom. The second kappa shape index (κ2) is 11.4. The summed E-state index contributed by atoms with van der Waals surface area (Å²) in [7, 11) is 2.23. The van der Waals surface area contributed by atoms with Crippen molar-refractivity contribution >= 4 is 39.9 Å². The summed E-state index contributed by atoms with van der Waals surface area (Å²) < 4.78 is 6.22. The zero-order chi connectivity index (χ0) is 17.1. The van der Waals surface area contributed by atoms with E-state index in [1.807, 2.05) is 0 Å². The SMILES string of the molecule is Br.Br.CCN(CC)[C@H]1CCC2CN(C)CC1[C@@H]2OC(=O)C1CCCCC1. The molecule has 1 heterocycles. The van der Waals surface area contributed by atoms with E-state index in [4.69, 9.17) is 4.74 Å². The summed E-state index contributed by atoms with van der Waals surface area (Å²) in [5, 5.41) is 0. The predicted molar refractivity (Wildman–Crippen MR) is 118 cm³/mol. The van der Waals surface area contributed by atoms with E-state index in [0.29, 0.717) is 17.9 Å². The number of fused-ring (bicyclic) bond motifs is 2. The molecule has 0 N–H and O–H groups in total. The molecule has 0 aromatic heterocycles. The molecule has 0 amide bonds. The van der Waals surface area contributed by atoms with Crippen molar-refractivity contribution in [3.63, 3.8) is 0 Å². The van der Waals surface area contributed by atoms with Crippen LogP contribution in [0, 0.1) is 17.8 Å². The lowest BCUT2D eigenvalue weighted by Crippen LogP contribution is -2.60. The predicted octanol–water partition coefficient (Wildman–Crippen LogP) is 4.32. The third-order valence-corrected chi connectivity index (χ3v) is 6.75. The van der Waals surface area contributed by atoms with Gasteiger partial charge in [-0.1, -0.05) is 33.1 Å². The number of esters is 1. The van der Waals surface area contributed by atoms with Crippen LogP contribution in [0.1, 0.15) is 58.8 Å². The molecule has 3 rings (SSSR count). The minimum Gasteiger partial charge on any atom is -0.461 e. The lowest BCUT2D eigenvalue weighted by molar-refractivity contribution is -0.173. The van der Waals surface area contributed by atoms with Gasteiger partial charge in [-0.15, -0.1) is 34.0 Å². The van der Waals surface area contributed by atoms with Crippen LogP contribution in [0.3, 0.4) is 0 Å². The third kappa shape index (κ3) is 5.45. The quantitative estimate of drug-likeness (QED) is 0.529. The number of carbonyl (C=O) groups is 1. The number of piperidine rings is 1. The fraction of sp³-hybridized carbons (Fsp3) is 0.950. The van der Waals surface area contributed by atoms with Gasteiger partial charge in [0.1, 0.15) is 6.10 Å². The first-order chi connectivity index (χ1) is 11.6. The number of rotatable bonds is 5. The maximum atomic E-state index is 12.7. The summed E-state index contributed by atoms with van der Waals surface area (Å²) in [6, 6.07) is 0.572. The molecule has 154 valence electrons. The van der Waals surface area contributed by atoms with Crippen LogP contribution in [0.25, 0.3) is 0 Å². The molecular weight excluding hydrogens is 460 g/mol. The molecule has 2 bridgehead atoms. The highest BCUT2D eigenvalue weighted by atomic mass is 79.9. The monoisotopic (exact) mass is 496 g/mol. The number of hydrogen-bond donors (Lipinski definition) is 0. The first kappa shape index (κ1) is 24.4. The van der Waals surface area contributed by atoms with Crippen LogP contribution in [0.4, 0.5) is 0 Å². The van der Waals surface area contributed by atoms with Crippen molar-refractivity contribution in [1.82, 2.24) is 9.80 Å². The molecule has 1 aliphatic heterocycles. The number of carbonyl (C=O) groups excluding carboxylic acids is 1. The normalized spacial score (nSPS) is 32.5. The molecule has 4 nitrogen and oxygen atoms in total. The molecule has 0 radical (unpaired) electrons. The molecular formula is C20H38Br2N2O2. The fourth-order valence-corrected chi connectivity index (χ4v) is 5.49. The summed E-state index contributed by atoms with van der Waals surface area (Å²) in [5.74, 6) is 1.30.